The van der Waals surface area contributed by atoms with Crippen LogP contribution in [0.3, 0.4) is 0 Å². The van der Waals surface area contributed by atoms with Gasteiger partial charge in [0.05, 0.1) is 5.56 Å². The summed E-state index contributed by atoms with van der Waals surface area (Å²) < 4.78 is 4.89. The van der Waals surface area contributed by atoms with E-state index in [1.165, 1.54) is 24.3 Å². The molecule has 3 amide bonds. The summed E-state index contributed by atoms with van der Waals surface area (Å²) in [5.74, 6) is -1.64. The zero-order valence-corrected chi connectivity index (χ0v) is 15.9. The summed E-state index contributed by atoms with van der Waals surface area (Å²) in [7, 11) is 0. The summed E-state index contributed by atoms with van der Waals surface area (Å²) in [4.78, 5) is 47.6. The number of ether oxygens (including phenoxy) is 1. The van der Waals surface area contributed by atoms with Gasteiger partial charge in [-0.25, -0.2) is 9.59 Å². The molecule has 2 rings (SSSR count). The number of benzene rings is 2. The van der Waals surface area contributed by atoms with Crippen molar-refractivity contribution in [1.29, 1.82) is 0 Å². The summed E-state index contributed by atoms with van der Waals surface area (Å²) in [6.07, 6.45) is 0. The van der Waals surface area contributed by atoms with E-state index in [1.54, 1.807) is 45.0 Å². The fourth-order valence-electron chi connectivity index (χ4n) is 2.26. The van der Waals surface area contributed by atoms with Crippen molar-refractivity contribution in [1.82, 2.24) is 10.6 Å². The summed E-state index contributed by atoms with van der Waals surface area (Å²) in [6, 6.07) is 14.0. The molecule has 0 atom stereocenters. The maximum absolute atomic E-state index is 12.3. The zero-order valence-electron chi connectivity index (χ0n) is 15.9. The lowest BCUT2D eigenvalue weighted by atomic mass is 10.0. The van der Waals surface area contributed by atoms with Crippen molar-refractivity contribution < 1.29 is 23.9 Å². The van der Waals surface area contributed by atoms with Crippen molar-refractivity contribution >= 4 is 23.7 Å². The Bertz CT molecular complexity index is 868. The van der Waals surface area contributed by atoms with Crippen LogP contribution < -0.4 is 10.6 Å². The number of carbonyl (C=O) groups excluding carboxylic acids is 4. The van der Waals surface area contributed by atoms with Gasteiger partial charge in [0.1, 0.15) is 0 Å². The molecule has 7 heteroatoms. The monoisotopic (exact) mass is 382 g/mol. The molecule has 0 saturated carbocycles. The SMILES string of the molecule is CC(C)(C)NC(=O)NC(=O)COC(=O)c1ccc(C(=O)c2ccccc2)cc1. The first-order chi connectivity index (χ1) is 13.2. The Hall–Kier alpha value is -3.48. The van der Waals surface area contributed by atoms with Crippen molar-refractivity contribution in [2.24, 2.45) is 0 Å². The lowest BCUT2D eigenvalue weighted by Gasteiger charge is -2.20. The van der Waals surface area contributed by atoms with Crippen molar-refractivity contribution in [2.75, 3.05) is 6.61 Å². The second-order valence-corrected chi connectivity index (χ2v) is 7.10. The van der Waals surface area contributed by atoms with Gasteiger partial charge >= 0.3 is 12.0 Å². The van der Waals surface area contributed by atoms with E-state index in [1.807, 2.05) is 6.07 Å². The summed E-state index contributed by atoms with van der Waals surface area (Å²) in [5.41, 5.74) is 0.666. The van der Waals surface area contributed by atoms with E-state index in [0.717, 1.165) is 0 Å². The molecule has 0 heterocycles. The average molecular weight is 382 g/mol. The van der Waals surface area contributed by atoms with Crippen LogP contribution in [0, 0.1) is 0 Å². The highest BCUT2D eigenvalue weighted by molar-refractivity contribution is 6.09. The molecule has 0 saturated heterocycles. The first-order valence-electron chi connectivity index (χ1n) is 8.64. The maximum atomic E-state index is 12.3. The largest absolute Gasteiger partial charge is 0.452 e. The minimum atomic E-state index is -0.744. The van der Waals surface area contributed by atoms with E-state index >= 15 is 0 Å². The second kappa shape index (κ2) is 8.94. The van der Waals surface area contributed by atoms with Gasteiger partial charge in [-0.1, -0.05) is 42.5 Å². The number of hydrogen-bond donors (Lipinski definition) is 2. The van der Waals surface area contributed by atoms with Crippen molar-refractivity contribution in [3.05, 3.63) is 71.3 Å². The van der Waals surface area contributed by atoms with Gasteiger partial charge in [-0.05, 0) is 32.9 Å². The molecule has 2 aromatic carbocycles. The first kappa shape index (κ1) is 20.8. The van der Waals surface area contributed by atoms with Crippen molar-refractivity contribution in [3.63, 3.8) is 0 Å². The Balaban J connectivity index is 1.88. The molecule has 0 radical (unpaired) electrons. The summed E-state index contributed by atoms with van der Waals surface area (Å²) in [5, 5.41) is 4.63. The number of imide groups is 1. The Kier molecular flexibility index (Phi) is 6.65. The quantitative estimate of drug-likeness (QED) is 0.612. The third-order valence-electron chi connectivity index (χ3n) is 3.49. The maximum Gasteiger partial charge on any atom is 0.338 e. The molecule has 0 aliphatic rings. The third kappa shape index (κ3) is 6.35. The molecule has 146 valence electrons. The molecule has 2 aromatic rings. The minimum Gasteiger partial charge on any atom is -0.452 e. The number of rotatable bonds is 5. The Morgan fingerprint density at radius 2 is 1.36 bits per heavy atom. The highest BCUT2D eigenvalue weighted by Gasteiger charge is 2.17. The molecule has 2 N–H and O–H groups in total. The lowest BCUT2D eigenvalue weighted by molar-refractivity contribution is -0.123. The second-order valence-electron chi connectivity index (χ2n) is 7.10. The van der Waals surface area contributed by atoms with E-state index in [2.05, 4.69) is 10.6 Å². The Morgan fingerprint density at radius 1 is 0.821 bits per heavy atom. The smallest absolute Gasteiger partial charge is 0.338 e. The third-order valence-corrected chi connectivity index (χ3v) is 3.49. The van der Waals surface area contributed by atoms with Gasteiger partial charge in [-0.2, -0.15) is 0 Å². The predicted octanol–water partition coefficient (Wildman–Crippen LogP) is 2.70. The van der Waals surface area contributed by atoms with Crippen LogP contribution in [-0.4, -0.2) is 35.8 Å². The fraction of sp³-hybridized carbons (Fsp3) is 0.238. The first-order valence-corrected chi connectivity index (χ1v) is 8.64. The number of ketones is 1. The van der Waals surface area contributed by atoms with Crippen LogP contribution in [0.2, 0.25) is 0 Å². The number of carbonyl (C=O) groups is 4. The van der Waals surface area contributed by atoms with Crippen LogP contribution in [0.5, 0.6) is 0 Å². The zero-order chi connectivity index (χ0) is 20.7. The van der Waals surface area contributed by atoms with Crippen LogP contribution in [0.15, 0.2) is 54.6 Å². The fourth-order valence-corrected chi connectivity index (χ4v) is 2.26. The average Bonchev–Trinajstić information content (AvgIpc) is 2.64. The molecule has 0 aromatic heterocycles. The van der Waals surface area contributed by atoms with Gasteiger partial charge in [0.2, 0.25) is 0 Å². The number of nitrogens with one attached hydrogen (secondary N) is 2. The van der Waals surface area contributed by atoms with Gasteiger partial charge < -0.3 is 10.1 Å². The van der Waals surface area contributed by atoms with Gasteiger partial charge in [0.15, 0.2) is 12.4 Å². The minimum absolute atomic E-state index is 0.162. The normalized spacial score (nSPS) is 10.7. The van der Waals surface area contributed by atoms with E-state index in [4.69, 9.17) is 4.74 Å². The number of esters is 1. The topological polar surface area (TPSA) is 102 Å². The summed E-state index contributed by atoms with van der Waals surface area (Å²) in [6.45, 7) is 4.71. The van der Waals surface area contributed by atoms with Crippen LogP contribution in [-0.2, 0) is 9.53 Å². The Labute approximate surface area is 163 Å². The van der Waals surface area contributed by atoms with E-state index in [9.17, 15) is 19.2 Å². The Morgan fingerprint density at radius 3 is 1.93 bits per heavy atom. The van der Waals surface area contributed by atoms with Crippen LogP contribution in [0.25, 0.3) is 0 Å². The van der Waals surface area contributed by atoms with E-state index in [0.29, 0.717) is 11.1 Å². The molecule has 0 spiro atoms. The van der Waals surface area contributed by atoms with E-state index in [-0.39, 0.29) is 11.3 Å². The van der Waals surface area contributed by atoms with Gasteiger partial charge in [-0.15, -0.1) is 0 Å². The van der Waals surface area contributed by atoms with Gasteiger partial charge in [0, 0.05) is 16.7 Å². The number of hydrogen-bond acceptors (Lipinski definition) is 5. The molecule has 0 unspecified atom stereocenters. The lowest BCUT2D eigenvalue weighted by Crippen LogP contribution is -2.49. The standard InChI is InChI=1S/C21H22N2O5/c1-21(2,3)23-20(27)22-17(24)13-28-19(26)16-11-9-15(10-12-16)18(25)14-7-5-4-6-8-14/h4-12H,13H2,1-3H3,(H2,22,23,24,27). The van der Waals surface area contributed by atoms with Crippen LogP contribution in [0.4, 0.5) is 4.79 Å². The molecule has 0 bridgehead atoms. The molecule has 0 fully saturated rings. The van der Waals surface area contributed by atoms with Gasteiger partial charge in [0.25, 0.3) is 5.91 Å². The molecule has 7 nitrogen and oxygen atoms in total. The molecular formula is C21H22N2O5. The summed E-state index contributed by atoms with van der Waals surface area (Å²) >= 11 is 0. The van der Waals surface area contributed by atoms with Crippen LogP contribution >= 0.6 is 0 Å². The number of urea groups is 1. The predicted molar refractivity (Wildman–Crippen MR) is 103 cm³/mol. The van der Waals surface area contributed by atoms with Crippen LogP contribution in [0.1, 0.15) is 47.1 Å². The van der Waals surface area contributed by atoms with Crippen molar-refractivity contribution in [3.8, 4) is 0 Å². The van der Waals surface area contributed by atoms with Crippen molar-refractivity contribution in [2.45, 2.75) is 26.3 Å². The van der Waals surface area contributed by atoms with Gasteiger partial charge in [-0.3, -0.25) is 14.9 Å². The van der Waals surface area contributed by atoms with E-state index < -0.39 is 30.1 Å². The number of amides is 3. The highest BCUT2D eigenvalue weighted by Crippen LogP contribution is 2.12. The highest BCUT2D eigenvalue weighted by atomic mass is 16.5. The molecule has 0 aliphatic heterocycles. The molecular weight excluding hydrogens is 360 g/mol. The molecule has 0 aliphatic carbocycles. The molecule has 28 heavy (non-hydrogen) atoms.